The molecule has 2 aromatic carbocycles. The van der Waals surface area contributed by atoms with E-state index in [4.69, 9.17) is 4.74 Å². The number of nitrogens with zero attached hydrogens (tertiary/aromatic N) is 1. The number of ether oxygens (including phenoxy) is 1. The summed E-state index contributed by atoms with van der Waals surface area (Å²) < 4.78 is 5.81. The first-order chi connectivity index (χ1) is 11.9. The molecule has 0 fully saturated rings. The highest BCUT2D eigenvalue weighted by molar-refractivity contribution is 7.09. The normalized spacial score (nSPS) is 11.2. The summed E-state index contributed by atoms with van der Waals surface area (Å²) in [6.07, 6.45) is 0. The zero-order chi connectivity index (χ0) is 17.9. The second-order valence-electron chi connectivity index (χ2n) is 6.21. The molecule has 1 aromatic heterocycles. The Morgan fingerprint density at radius 2 is 1.76 bits per heavy atom. The van der Waals surface area contributed by atoms with Gasteiger partial charge in [-0.15, -0.1) is 11.3 Å². The van der Waals surface area contributed by atoms with Crippen molar-refractivity contribution in [3.63, 3.8) is 0 Å². The van der Waals surface area contributed by atoms with Crippen LogP contribution in [0.5, 0.6) is 5.75 Å². The SMILES string of the molecule is Cc1nc(-c2ccc(NC(=O)C(C)(C)Oc3ccccc3)cc2)cs1. The molecule has 0 aliphatic carbocycles. The van der Waals surface area contributed by atoms with Crippen molar-refractivity contribution < 1.29 is 9.53 Å². The minimum atomic E-state index is -0.980. The van der Waals surface area contributed by atoms with Crippen molar-refractivity contribution in [1.29, 1.82) is 0 Å². The first kappa shape index (κ1) is 17.2. The van der Waals surface area contributed by atoms with Crippen LogP contribution in [0, 0.1) is 6.92 Å². The lowest BCUT2D eigenvalue weighted by atomic mass is 10.1. The number of hydrogen-bond donors (Lipinski definition) is 1. The molecule has 0 radical (unpaired) electrons. The fraction of sp³-hybridized carbons (Fsp3) is 0.200. The number of benzene rings is 2. The van der Waals surface area contributed by atoms with Crippen LogP contribution in [0.3, 0.4) is 0 Å². The maximum Gasteiger partial charge on any atom is 0.267 e. The summed E-state index contributed by atoms with van der Waals surface area (Å²) in [5, 5.41) is 5.97. The molecule has 128 valence electrons. The summed E-state index contributed by atoms with van der Waals surface area (Å²) in [4.78, 5) is 17.0. The summed E-state index contributed by atoms with van der Waals surface area (Å²) in [7, 11) is 0. The van der Waals surface area contributed by atoms with E-state index in [0.29, 0.717) is 5.75 Å². The van der Waals surface area contributed by atoms with Crippen molar-refractivity contribution in [1.82, 2.24) is 4.98 Å². The van der Waals surface area contributed by atoms with Gasteiger partial charge in [0.05, 0.1) is 10.7 Å². The van der Waals surface area contributed by atoms with Crippen molar-refractivity contribution in [2.24, 2.45) is 0 Å². The largest absolute Gasteiger partial charge is 0.478 e. The summed E-state index contributed by atoms with van der Waals surface area (Å²) in [5.41, 5.74) is 1.73. The molecule has 0 bridgehead atoms. The molecule has 3 rings (SSSR count). The molecule has 4 nitrogen and oxygen atoms in total. The van der Waals surface area contributed by atoms with Crippen LogP contribution in [0.15, 0.2) is 60.0 Å². The number of carbonyl (C=O) groups is 1. The molecule has 0 aliphatic heterocycles. The molecule has 1 N–H and O–H groups in total. The third kappa shape index (κ3) is 4.25. The Bertz CT molecular complexity index is 855. The van der Waals surface area contributed by atoms with Gasteiger partial charge in [0.2, 0.25) is 0 Å². The van der Waals surface area contributed by atoms with Crippen LogP contribution in [-0.4, -0.2) is 16.5 Å². The number of rotatable bonds is 5. The first-order valence-electron chi connectivity index (χ1n) is 8.02. The quantitative estimate of drug-likeness (QED) is 0.709. The van der Waals surface area contributed by atoms with E-state index in [1.807, 2.05) is 66.9 Å². The second-order valence-corrected chi connectivity index (χ2v) is 7.27. The van der Waals surface area contributed by atoms with E-state index in [0.717, 1.165) is 22.0 Å². The van der Waals surface area contributed by atoms with E-state index < -0.39 is 5.60 Å². The van der Waals surface area contributed by atoms with Crippen LogP contribution in [0.25, 0.3) is 11.3 Å². The molecule has 25 heavy (non-hydrogen) atoms. The Balaban J connectivity index is 1.67. The van der Waals surface area contributed by atoms with Gasteiger partial charge in [-0.05, 0) is 45.0 Å². The van der Waals surface area contributed by atoms with Gasteiger partial charge in [-0.3, -0.25) is 4.79 Å². The predicted octanol–water partition coefficient (Wildman–Crippen LogP) is 4.91. The molecule has 0 saturated carbocycles. The summed E-state index contributed by atoms with van der Waals surface area (Å²) in [6, 6.07) is 17.0. The summed E-state index contributed by atoms with van der Waals surface area (Å²) in [6.45, 7) is 5.49. The minimum absolute atomic E-state index is 0.200. The van der Waals surface area contributed by atoms with Crippen LogP contribution in [0.4, 0.5) is 5.69 Å². The van der Waals surface area contributed by atoms with Crippen molar-refractivity contribution in [3.8, 4) is 17.0 Å². The van der Waals surface area contributed by atoms with Crippen LogP contribution < -0.4 is 10.1 Å². The standard InChI is InChI=1S/C20H20N2O2S/c1-14-21-18(13-25-14)15-9-11-16(12-10-15)22-19(23)20(2,3)24-17-7-5-4-6-8-17/h4-13H,1-3H3,(H,22,23). The van der Waals surface area contributed by atoms with E-state index in [9.17, 15) is 4.79 Å². The number of aryl methyl sites for hydroxylation is 1. The molecule has 0 aliphatic rings. The van der Waals surface area contributed by atoms with Crippen molar-refractivity contribution in [2.75, 3.05) is 5.32 Å². The maximum absolute atomic E-state index is 12.6. The Morgan fingerprint density at radius 1 is 1.08 bits per heavy atom. The Labute approximate surface area is 151 Å². The van der Waals surface area contributed by atoms with Gasteiger partial charge in [-0.25, -0.2) is 4.98 Å². The molecule has 5 heteroatoms. The predicted molar refractivity (Wildman–Crippen MR) is 102 cm³/mol. The molecule has 0 spiro atoms. The lowest BCUT2D eigenvalue weighted by molar-refractivity contribution is -0.128. The topological polar surface area (TPSA) is 51.2 Å². The average molecular weight is 352 g/mol. The number of anilines is 1. The van der Waals surface area contributed by atoms with Gasteiger partial charge in [0.15, 0.2) is 5.60 Å². The van der Waals surface area contributed by atoms with E-state index in [-0.39, 0.29) is 5.91 Å². The average Bonchev–Trinajstić information content (AvgIpc) is 3.02. The van der Waals surface area contributed by atoms with Gasteiger partial charge in [0.1, 0.15) is 5.75 Å². The Kier molecular flexibility index (Phi) is 4.86. The third-order valence-electron chi connectivity index (χ3n) is 3.72. The van der Waals surface area contributed by atoms with Gasteiger partial charge < -0.3 is 10.1 Å². The fourth-order valence-corrected chi connectivity index (χ4v) is 2.95. The van der Waals surface area contributed by atoms with E-state index in [1.165, 1.54) is 0 Å². The number of carbonyl (C=O) groups excluding carboxylic acids is 1. The number of aromatic nitrogens is 1. The molecule has 0 unspecified atom stereocenters. The minimum Gasteiger partial charge on any atom is -0.478 e. The molecule has 0 atom stereocenters. The number of para-hydroxylation sites is 1. The molecule has 1 heterocycles. The summed E-state index contributed by atoms with van der Waals surface area (Å²) >= 11 is 1.62. The van der Waals surface area contributed by atoms with E-state index >= 15 is 0 Å². The zero-order valence-corrected chi connectivity index (χ0v) is 15.3. The summed E-state index contributed by atoms with van der Waals surface area (Å²) in [5.74, 6) is 0.463. The first-order valence-corrected chi connectivity index (χ1v) is 8.90. The molecular weight excluding hydrogens is 332 g/mol. The van der Waals surface area contributed by atoms with Crippen LogP contribution >= 0.6 is 11.3 Å². The smallest absolute Gasteiger partial charge is 0.267 e. The highest BCUT2D eigenvalue weighted by atomic mass is 32.1. The van der Waals surface area contributed by atoms with Gasteiger partial charge >= 0.3 is 0 Å². The van der Waals surface area contributed by atoms with Crippen molar-refractivity contribution in [3.05, 3.63) is 65.0 Å². The van der Waals surface area contributed by atoms with Crippen molar-refractivity contribution in [2.45, 2.75) is 26.4 Å². The number of amides is 1. The van der Waals surface area contributed by atoms with Gasteiger partial charge in [0.25, 0.3) is 5.91 Å². The van der Waals surface area contributed by atoms with Crippen LogP contribution in [-0.2, 0) is 4.79 Å². The number of nitrogens with one attached hydrogen (secondary N) is 1. The number of thiazole rings is 1. The fourth-order valence-electron chi connectivity index (χ4n) is 2.33. The second kappa shape index (κ2) is 7.07. The van der Waals surface area contributed by atoms with E-state index in [2.05, 4.69) is 10.3 Å². The Hall–Kier alpha value is -2.66. The lowest BCUT2D eigenvalue weighted by Crippen LogP contribution is -2.42. The monoisotopic (exact) mass is 352 g/mol. The van der Waals surface area contributed by atoms with E-state index in [1.54, 1.807) is 25.2 Å². The van der Waals surface area contributed by atoms with Crippen LogP contribution in [0.1, 0.15) is 18.9 Å². The molecule has 0 saturated heterocycles. The van der Waals surface area contributed by atoms with Gasteiger partial charge in [-0.1, -0.05) is 30.3 Å². The molecular formula is C20H20N2O2S. The van der Waals surface area contributed by atoms with Gasteiger partial charge in [0, 0.05) is 16.6 Å². The van der Waals surface area contributed by atoms with Crippen molar-refractivity contribution >= 4 is 22.9 Å². The van der Waals surface area contributed by atoms with Gasteiger partial charge in [-0.2, -0.15) is 0 Å². The molecule has 3 aromatic rings. The molecule has 1 amide bonds. The lowest BCUT2D eigenvalue weighted by Gasteiger charge is -2.25. The third-order valence-corrected chi connectivity index (χ3v) is 4.49. The maximum atomic E-state index is 12.6. The highest BCUT2D eigenvalue weighted by Gasteiger charge is 2.30. The highest BCUT2D eigenvalue weighted by Crippen LogP contribution is 2.24. The zero-order valence-electron chi connectivity index (χ0n) is 14.4. The van der Waals surface area contributed by atoms with Crippen LogP contribution in [0.2, 0.25) is 0 Å². The number of hydrogen-bond acceptors (Lipinski definition) is 4. The Morgan fingerprint density at radius 3 is 2.36 bits per heavy atom.